The molecule has 0 spiro atoms. The first-order valence-electron chi connectivity index (χ1n) is 4.85. The zero-order valence-electron chi connectivity index (χ0n) is 9.65. The van der Waals surface area contributed by atoms with Gasteiger partial charge >= 0.3 is 11.9 Å². The molecule has 0 saturated carbocycles. The minimum absolute atomic E-state index is 0.0946. The van der Waals surface area contributed by atoms with Crippen LogP contribution in [0.25, 0.3) is 0 Å². The molecule has 0 aromatic rings. The Bertz CT molecular complexity index is 289. The monoisotopic (exact) mass is 228 g/mol. The second kappa shape index (κ2) is 7.44. The van der Waals surface area contributed by atoms with Gasteiger partial charge in [-0.2, -0.15) is 0 Å². The smallest absolute Gasteiger partial charge is 0.357 e. The third kappa shape index (κ3) is 3.72. The summed E-state index contributed by atoms with van der Waals surface area (Å²) in [6.07, 6.45) is 0.983. The van der Waals surface area contributed by atoms with Crippen LogP contribution in [0.2, 0.25) is 0 Å². The van der Waals surface area contributed by atoms with Crippen LogP contribution in [0.15, 0.2) is 16.8 Å². The van der Waals surface area contributed by atoms with Crippen molar-refractivity contribution >= 4 is 17.7 Å². The maximum Gasteiger partial charge on any atom is 0.357 e. The summed E-state index contributed by atoms with van der Waals surface area (Å²) >= 11 is 0. The molecule has 0 unspecified atom stereocenters. The Morgan fingerprint density at radius 2 is 1.69 bits per heavy atom. The van der Waals surface area contributed by atoms with Crippen LogP contribution in [0, 0.1) is 0 Å². The Kier molecular flexibility index (Phi) is 6.58. The lowest BCUT2D eigenvalue weighted by molar-refractivity contribution is -0.139. The van der Waals surface area contributed by atoms with Crippen LogP contribution in [0.4, 0.5) is 0 Å². The second-order valence-electron chi connectivity index (χ2n) is 2.59. The first-order valence-corrected chi connectivity index (χ1v) is 4.85. The molecule has 90 valence electrons. The van der Waals surface area contributed by atoms with Gasteiger partial charge in [0.1, 0.15) is 5.57 Å². The van der Waals surface area contributed by atoms with Gasteiger partial charge in [0.25, 0.3) is 0 Å². The molecule has 16 heavy (non-hydrogen) atoms. The summed E-state index contributed by atoms with van der Waals surface area (Å²) in [6, 6.07) is 0. The number of nitrogens with two attached hydrogens (primary N) is 1. The fraction of sp³-hybridized carbons (Fsp3) is 0.500. The Morgan fingerprint density at radius 1 is 1.19 bits per heavy atom. The van der Waals surface area contributed by atoms with Crippen molar-refractivity contribution in [3.63, 3.8) is 0 Å². The molecule has 0 aromatic carbocycles. The highest BCUT2D eigenvalue weighted by Gasteiger charge is 2.23. The molecule has 0 aliphatic carbocycles. The first kappa shape index (κ1) is 14.2. The van der Waals surface area contributed by atoms with E-state index in [9.17, 15) is 9.59 Å². The molecule has 2 N–H and O–H groups in total. The van der Waals surface area contributed by atoms with Crippen molar-refractivity contribution in [1.29, 1.82) is 0 Å². The van der Waals surface area contributed by atoms with Gasteiger partial charge in [-0.1, -0.05) is 0 Å². The molecule has 0 fully saturated rings. The summed E-state index contributed by atoms with van der Waals surface area (Å²) < 4.78 is 9.46. The minimum atomic E-state index is -0.699. The van der Waals surface area contributed by atoms with Crippen molar-refractivity contribution in [3.05, 3.63) is 11.8 Å². The zero-order valence-corrected chi connectivity index (χ0v) is 9.65. The van der Waals surface area contributed by atoms with E-state index in [1.807, 2.05) is 0 Å². The summed E-state index contributed by atoms with van der Waals surface area (Å²) in [7, 11) is 1.37. The average molecular weight is 228 g/mol. The van der Waals surface area contributed by atoms with Crippen molar-refractivity contribution in [3.8, 4) is 0 Å². The summed E-state index contributed by atoms with van der Waals surface area (Å²) in [4.78, 5) is 26.5. The number of hydrogen-bond acceptors (Lipinski definition) is 6. The van der Waals surface area contributed by atoms with Crippen LogP contribution >= 0.6 is 0 Å². The van der Waals surface area contributed by atoms with Crippen LogP contribution in [-0.4, -0.2) is 37.9 Å². The molecule has 0 heterocycles. The minimum Gasteiger partial charge on any atom is -0.462 e. The van der Waals surface area contributed by atoms with Crippen LogP contribution in [-0.2, 0) is 19.1 Å². The van der Waals surface area contributed by atoms with E-state index in [1.165, 1.54) is 7.05 Å². The third-order valence-corrected chi connectivity index (χ3v) is 1.61. The van der Waals surface area contributed by atoms with Crippen molar-refractivity contribution in [2.24, 2.45) is 10.7 Å². The lowest BCUT2D eigenvalue weighted by atomic mass is 10.1. The van der Waals surface area contributed by atoms with Crippen molar-refractivity contribution in [2.75, 3.05) is 20.3 Å². The van der Waals surface area contributed by atoms with E-state index >= 15 is 0 Å². The van der Waals surface area contributed by atoms with Gasteiger partial charge in [-0.15, -0.1) is 0 Å². The van der Waals surface area contributed by atoms with Gasteiger partial charge in [-0.25, -0.2) is 9.59 Å². The molecule has 0 atom stereocenters. The van der Waals surface area contributed by atoms with Gasteiger partial charge in [0.05, 0.1) is 13.2 Å². The van der Waals surface area contributed by atoms with Gasteiger partial charge in [0, 0.05) is 13.2 Å². The predicted molar refractivity (Wildman–Crippen MR) is 58.9 cm³/mol. The Morgan fingerprint density at radius 3 is 2.06 bits per heavy atom. The van der Waals surface area contributed by atoms with E-state index in [2.05, 4.69) is 4.99 Å². The van der Waals surface area contributed by atoms with E-state index < -0.39 is 11.9 Å². The highest BCUT2D eigenvalue weighted by Crippen LogP contribution is 2.03. The number of rotatable bonds is 5. The molecule has 0 saturated heterocycles. The maximum absolute atomic E-state index is 11.4. The van der Waals surface area contributed by atoms with Gasteiger partial charge < -0.3 is 15.2 Å². The van der Waals surface area contributed by atoms with Gasteiger partial charge in [-0.05, 0) is 13.8 Å². The molecule has 0 aliphatic rings. The normalized spacial score (nSPS) is 12.2. The number of carbonyl (C=O) groups is 2. The number of aliphatic imine (C=N–C) groups is 1. The number of hydrogen-bond donors (Lipinski definition) is 1. The molecule has 0 rings (SSSR count). The molecule has 0 radical (unpaired) electrons. The molecular formula is C10H16N2O4. The van der Waals surface area contributed by atoms with Gasteiger partial charge in [-0.3, -0.25) is 4.99 Å². The standard InChI is InChI=1S/C10H16N2O4/c1-4-15-9(13)7(6-11)8(12-3)10(14)16-5-2/h6H,4-5,11H2,1-3H3. The van der Waals surface area contributed by atoms with Crippen molar-refractivity contribution in [2.45, 2.75) is 13.8 Å². The largest absolute Gasteiger partial charge is 0.462 e. The van der Waals surface area contributed by atoms with E-state index in [0.717, 1.165) is 6.20 Å². The Hall–Kier alpha value is -1.85. The highest BCUT2D eigenvalue weighted by atomic mass is 16.5. The van der Waals surface area contributed by atoms with Crippen LogP contribution in [0.1, 0.15) is 13.8 Å². The third-order valence-electron chi connectivity index (χ3n) is 1.61. The first-order chi connectivity index (χ1) is 7.62. The maximum atomic E-state index is 11.4. The van der Waals surface area contributed by atoms with E-state index in [-0.39, 0.29) is 24.5 Å². The number of nitrogens with zero attached hydrogens (tertiary/aromatic N) is 1. The molecule has 6 heteroatoms. The van der Waals surface area contributed by atoms with E-state index in [1.54, 1.807) is 13.8 Å². The Labute approximate surface area is 94.1 Å². The predicted octanol–water partition coefficient (Wildman–Crippen LogP) is 0.0260. The summed E-state index contributed by atoms with van der Waals surface area (Å²) in [5, 5.41) is 0. The number of esters is 2. The number of carbonyl (C=O) groups excluding carboxylic acids is 2. The van der Waals surface area contributed by atoms with Crippen molar-refractivity contribution < 1.29 is 19.1 Å². The second-order valence-corrected chi connectivity index (χ2v) is 2.59. The fourth-order valence-electron chi connectivity index (χ4n) is 0.974. The topological polar surface area (TPSA) is 91.0 Å². The molecular weight excluding hydrogens is 212 g/mol. The molecule has 0 aliphatic heterocycles. The number of ether oxygens (including phenoxy) is 2. The lowest BCUT2D eigenvalue weighted by Gasteiger charge is -2.08. The van der Waals surface area contributed by atoms with Crippen molar-refractivity contribution in [1.82, 2.24) is 0 Å². The summed E-state index contributed by atoms with van der Waals surface area (Å²) in [5.41, 5.74) is 5.03. The van der Waals surface area contributed by atoms with E-state index in [0.29, 0.717) is 0 Å². The average Bonchev–Trinajstić information content (AvgIpc) is 2.25. The van der Waals surface area contributed by atoms with E-state index in [4.69, 9.17) is 15.2 Å². The fourth-order valence-corrected chi connectivity index (χ4v) is 0.974. The molecule has 0 amide bonds. The SMILES string of the molecule is CCOC(=O)C(=CN)C(=NC)C(=O)OCC. The molecule has 0 aromatic heterocycles. The van der Waals surface area contributed by atoms with Crippen LogP contribution in [0.3, 0.4) is 0 Å². The summed E-state index contributed by atoms with van der Waals surface area (Å²) in [5.74, 6) is -1.39. The van der Waals surface area contributed by atoms with Gasteiger partial charge in [0.15, 0.2) is 5.71 Å². The van der Waals surface area contributed by atoms with Crippen LogP contribution < -0.4 is 5.73 Å². The quantitative estimate of drug-likeness (QED) is 0.407. The highest BCUT2D eigenvalue weighted by molar-refractivity contribution is 6.49. The summed E-state index contributed by atoms with van der Waals surface area (Å²) in [6.45, 7) is 3.69. The Balaban J connectivity index is 4.94. The van der Waals surface area contributed by atoms with Gasteiger partial charge in [0.2, 0.25) is 0 Å². The zero-order chi connectivity index (χ0) is 12.6. The molecule has 6 nitrogen and oxygen atoms in total. The lowest BCUT2D eigenvalue weighted by Crippen LogP contribution is -2.26. The van der Waals surface area contributed by atoms with Crippen LogP contribution in [0.5, 0.6) is 0 Å². The molecule has 0 bridgehead atoms.